The van der Waals surface area contributed by atoms with E-state index < -0.39 is 0 Å². The van der Waals surface area contributed by atoms with Gasteiger partial charge in [-0.05, 0) is 26.8 Å². The van der Waals surface area contributed by atoms with Crippen molar-refractivity contribution in [2.24, 2.45) is 5.73 Å². The van der Waals surface area contributed by atoms with Gasteiger partial charge in [-0.15, -0.1) is 12.6 Å². The van der Waals surface area contributed by atoms with Crippen LogP contribution in [0.4, 0.5) is 5.82 Å². The summed E-state index contributed by atoms with van der Waals surface area (Å²) in [5, 5.41) is 10.1. The molecule has 0 aliphatic carbocycles. The highest BCUT2D eigenvalue weighted by Crippen LogP contribution is 2.30. The van der Waals surface area contributed by atoms with E-state index in [0.717, 1.165) is 51.8 Å². The summed E-state index contributed by atoms with van der Waals surface area (Å²) in [7, 11) is 0. The standard InChI is InChI=1S/C21H24N4OS.C5H8.C3H8N2O.2C2H6/c1-3-15(2)8-9-18-19(27)21(25-10-12-26-13-11-25)24-20(23-18)17-7-5-4-6-16(17)14-22;1-4-5(2)3;4-1-2-5-3-6;2*1-2/h3-9,14,22,27H,10-13H2,1-2H3;4H,1-2H2,3H3;3H,1-2,4H2,(H,5,6);2*1-2H3/b9-8+,15-3+,22-14?;;;;. The maximum absolute atomic E-state index is 9.40. The summed E-state index contributed by atoms with van der Waals surface area (Å²) in [5.41, 5.74) is 9.56. The van der Waals surface area contributed by atoms with Gasteiger partial charge in [0.15, 0.2) is 5.82 Å². The van der Waals surface area contributed by atoms with Gasteiger partial charge in [0.2, 0.25) is 6.41 Å². The molecule has 0 spiro atoms. The van der Waals surface area contributed by atoms with Crippen LogP contribution in [0.25, 0.3) is 17.5 Å². The summed E-state index contributed by atoms with van der Waals surface area (Å²) >= 11 is 4.74. The predicted molar refractivity (Wildman–Crippen MR) is 185 cm³/mol. The minimum absolute atomic E-state index is 0.513. The SMILES string of the molecule is C/C=C(C)/C=C/c1nc(-c2ccccc2C=N)nc(N2CCOCC2)c1S.C=CC(=C)C.CC.CC.NCCNC=O. The Hall–Kier alpha value is -3.53. The monoisotopic (exact) mass is 596 g/mol. The predicted octanol–water partition coefficient (Wildman–Crippen LogP) is 6.74. The molecule has 1 aromatic heterocycles. The summed E-state index contributed by atoms with van der Waals surface area (Å²) in [5.74, 6) is 1.41. The minimum Gasteiger partial charge on any atom is -0.378 e. The normalized spacial score (nSPS) is 12.0. The first-order chi connectivity index (χ1) is 20.3. The number of ether oxygens (including phenoxy) is 1. The molecule has 2 aromatic rings. The number of amides is 1. The third-order valence-electron chi connectivity index (χ3n) is 5.24. The van der Waals surface area contributed by atoms with E-state index in [1.807, 2.05) is 91.0 Å². The van der Waals surface area contributed by atoms with Gasteiger partial charge in [-0.3, -0.25) is 4.79 Å². The number of thiol groups is 1. The summed E-state index contributed by atoms with van der Waals surface area (Å²) in [6, 6.07) is 7.69. The number of aromatic nitrogens is 2. The van der Waals surface area contributed by atoms with E-state index >= 15 is 0 Å². The molecule has 232 valence electrons. The summed E-state index contributed by atoms with van der Waals surface area (Å²) in [6.07, 6.45) is 9.73. The van der Waals surface area contributed by atoms with Crippen molar-refractivity contribution in [3.8, 4) is 11.4 Å². The molecule has 9 heteroatoms. The number of anilines is 1. The smallest absolute Gasteiger partial charge is 0.207 e. The molecule has 42 heavy (non-hydrogen) atoms. The van der Waals surface area contributed by atoms with Gasteiger partial charge in [0, 0.05) is 43.5 Å². The molecule has 1 saturated heterocycles. The molecular formula is C33H52N6O2S. The number of benzene rings is 1. The lowest BCUT2D eigenvalue weighted by Crippen LogP contribution is -2.37. The fourth-order valence-corrected chi connectivity index (χ4v) is 3.28. The molecule has 0 atom stereocenters. The van der Waals surface area contributed by atoms with Crippen LogP contribution in [0.5, 0.6) is 0 Å². The first-order valence-corrected chi connectivity index (χ1v) is 14.8. The lowest BCUT2D eigenvalue weighted by molar-refractivity contribution is -0.109. The highest BCUT2D eigenvalue weighted by atomic mass is 32.1. The van der Waals surface area contributed by atoms with Crippen molar-refractivity contribution in [1.29, 1.82) is 5.41 Å². The maximum Gasteiger partial charge on any atom is 0.207 e. The number of nitrogens with two attached hydrogens (primary N) is 1. The molecule has 0 radical (unpaired) electrons. The van der Waals surface area contributed by atoms with Gasteiger partial charge in [-0.25, -0.2) is 9.97 Å². The second-order valence-corrected chi connectivity index (χ2v) is 8.66. The Balaban J connectivity index is 0. The van der Waals surface area contributed by atoms with Crippen LogP contribution in [0, 0.1) is 5.41 Å². The molecule has 4 N–H and O–H groups in total. The first-order valence-electron chi connectivity index (χ1n) is 14.3. The van der Waals surface area contributed by atoms with Gasteiger partial charge in [0.1, 0.15) is 5.82 Å². The van der Waals surface area contributed by atoms with E-state index in [1.165, 1.54) is 6.21 Å². The van der Waals surface area contributed by atoms with Gasteiger partial charge < -0.3 is 26.1 Å². The summed E-state index contributed by atoms with van der Waals surface area (Å²) in [6.45, 7) is 25.0. The second-order valence-electron chi connectivity index (χ2n) is 8.21. The number of nitrogens with one attached hydrogen (secondary N) is 2. The van der Waals surface area contributed by atoms with Crippen molar-refractivity contribution >= 4 is 37.1 Å². The lowest BCUT2D eigenvalue weighted by Gasteiger charge is -2.29. The van der Waals surface area contributed by atoms with Gasteiger partial charge in [-0.2, -0.15) is 0 Å². The van der Waals surface area contributed by atoms with Crippen LogP contribution in [0.3, 0.4) is 0 Å². The molecule has 1 fully saturated rings. The Kier molecular flexibility index (Phi) is 25.5. The number of nitrogens with zero attached hydrogens (tertiary/aromatic N) is 3. The molecule has 3 rings (SSSR count). The van der Waals surface area contributed by atoms with Crippen LogP contribution in [0.2, 0.25) is 0 Å². The molecule has 0 bridgehead atoms. The van der Waals surface area contributed by atoms with Crippen molar-refractivity contribution in [3.05, 3.63) is 78.1 Å². The van der Waals surface area contributed by atoms with Gasteiger partial charge in [0.25, 0.3) is 0 Å². The molecule has 8 nitrogen and oxygen atoms in total. The quantitative estimate of drug-likeness (QED) is 0.0838. The van der Waals surface area contributed by atoms with E-state index in [-0.39, 0.29) is 0 Å². The minimum atomic E-state index is 0.513. The average molecular weight is 597 g/mol. The fraction of sp³-hybridized carbons (Fsp3) is 0.394. The van der Waals surface area contributed by atoms with E-state index in [4.69, 9.17) is 38.5 Å². The number of hydrogen-bond acceptors (Lipinski definition) is 8. The van der Waals surface area contributed by atoms with Crippen molar-refractivity contribution in [2.75, 3.05) is 44.3 Å². The van der Waals surface area contributed by atoms with Crippen molar-refractivity contribution in [3.63, 3.8) is 0 Å². The maximum atomic E-state index is 9.40. The molecule has 2 heterocycles. The molecular weight excluding hydrogens is 544 g/mol. The van der Waals surface area contributed by atoms with Gasteiger partial charge >= 0.3 is 0 Å². The fourth-order valence-electron chi connectivity index (χ4n) is 2.97. The molecule has 1 aliphatic heterocycles. The highest BCUT2D eigenvalue weighted by molar-refractivity contribution is 7.80. The number of rotatable bonds is 9. The topological polar surface area (TPSA) is 117 Å². The zero-order valence-corrected chi connectivity index (χ0v) is 27.5. The molecule has 1 aromatic carbocycles. The molecule has 0 unspecified atom stereocenters. The number of carbonyl (C=O) groups is 1. The average Bonchev–Trinajstić information content (AvgIpc) is 3.05. The summed E-state index contributed by atoms with van der Waals surface area (Å²) < 4.78 is 5.47. The Morgan fingerprint density at radius 2 is 1.76 bits per heavy atom. The van der Waals surface area contributed by atoms with Crippen LogP contribution in [0.1, 0.15) is 59.7 Å². The van der Waals surface area contributed by atoms with Crippen LogP contribution in [0.15, 0.2) is 71.7 Å². The number of allylic oxidation sites excluding steroid dienone is 5. The molecule has 0 saturated carbocycles. The van der Waals surface area contributed by atoms with E-state index in [2.05, 4.69) is 23.4 Å². The third-order valence-corrected chi connectivity index (χ3v) is 5.67. The van der Waals surface area contributed by atoms with Gasteiger partial charge in [0.05, 0.1) is 23.8 Å². The number of carbonyl (C=O) groups excluding carboxylic acids is 1. The van der Waals surface area contributed by atoms with Crippen LogP contribution < -0.4 is 16.0 Å². The number of morpholine rings is 1. The Morgan fingerprint density at radius 3 is 2.24 bits per heavy atom. The summed E-state index contributed by atoms with van der Waals surface area (Å²) in [4.78, 5) is 21.9. The van der Waals surface area contributed by atoms with Crippen molar-refractivity contribution in [1.82, 2.24) is 15.3 Å². The lowest BCUT2D eigenvalue weighted by atomic mass is 10.1. The Labute approximate surface area is 259 Å². The molecule has 1 aliphatic rings. The third kappa shape index (κ3) is 16.0. The van der Waals surface area contributed by atoms with Gasteiger partial charge in [-0.1, -0.05) is 94.5 Å². The highest BCUT2D eigenvalue weighted by Gasteiger charge is 2.20. The van der Waals surface area contributed by atoms with E-state index in [9.17, 15) is 4.79 Å². The van der Waals surface area contributed by atoms with Crippen LogP contribution in [-0.2, 0) is 9.53 Å². The second kappa shape index (κ2) is 26.4. The Morgan fingerprint density at radius 1 is 1.17 bits per heavy atom. The zero-order chi connectivity index (χ0) is 32.3. The van der Waals surface area contributed by atoms with Crippen LogP contribution in [-0.4, -0.2) is 62.0 Å². The van der Waals surface area contributed by atoms with Crippen LogP contribution >= 0.6 is 12.6 Å². The Bertz CT molecular complexity index is 1130. The van der Waals surface area contributed by atoms with E-state index in [1.54, 1.807) is 6.08 Å². The zero-order valence-electron chi connectivity index (χ0n) is 26.6. The van der Waals surface area contributed by atoms with Crippen molar-refractivity contribution < 1.29 is 9.53 Å². The van der Waals surface area contributed by atoms with Crippen molar-refractivity contribution in [2.45, 2.75) is 53.4 Å². The van der Waals surface area contributed by atoms with E-state index in [0.29, 0.717) is 38.5 Å². The number of hydrogen-bond donors (Lipinski definition) is 4. The first kappa shape index (κ1) is 40.6. The largest absolute Gasteiger partial charge is 0.378 e. The molecule has 1 amide bonds.